The highest BCUT2D eigenvalue weighted by molar-refractivity contribution is 6.30. The van der Waals surface area contributed by atoms with Crippen LogP contribution in [0.4, 0.5) is 10.1 Å². The molecule has 0 N–H and O–H groups in total. The molecule has 8 heteroatoms. The van der Waals surface area contributed by atoms with E-state index >= 15 is 0 Å². The predicted molar refractivity (Wildman–Crippen MR) is 154 cm³/mol. The smallest absolute Gasteiger partial charge is 0.226 e. The van der Waals surface area contributed by atoms with Crippen molar-refractivity contribution in [1.82, 2.24) is 14.8 Å². The second-order valence-electron chi connectivity index (χ2n) is 10.8. The van der Waals surface area contributed by atoms with Crippen molar-refractivity contribution < 1.29 is 13.6 Å². The van der Waals surface area contributed by atoms with E-state index in [-0.39, 0.29) is 11.7 Å². The zero-order valence-corrected chi connectivity index (χ0v) is 23.5. The minimum absolute atomic E-state index is 0.103. The van der Waals surface area contributed by atoms with Crippen molar-refractivity contribution in [2.45, 2.75) is 45.6 Å². The molecule has 2 aliphatic heterocycles. The van der Waals surface area contributed by atoms with E-state index in [1.165, 1.54) is 6.07 Å². The van der Waals surface area contributed by atoms with E-state index in [2.05, 4.69) is 14.7 Å². The number of carbonyl (C=O) groups excluding carboxylic acids is 1. The van der Waals surface area contributed by atoms with Crippen LogP contribution in [-0.4, -0.2) is 66.4 Å². The highest BCUT2D eigenvalue weighted by atomic mass is 35.5. The van der Waals surface area contributed by atoms with Gasteiger partial charge in [0.15, 0.2) is 0 Å². The molecular formula is C31H38ClFN4O2. The maximum Gasteiger partial charge on any atom is 0.226 e. The van der Waals surface area contributed by atoms with E-state index in [1.54, 1.807) is 6.07 Å². The molecule has 2 fully saturated rings. The van der Waals surface area contributed by atoms with Crippen LogP contribution in [0.2, 0.25) is 5.02 Å². The lowest BCUT2D eigenvalue weighted by Gasteiger charge is -2.36. The molecule has 0 radical (unpaired) electrons. The normalized spacial score (nSPS) is 18.9. The number of unbranched alkanes of at least 4 members (excludes halogenated alkanes) is 1. The molecule has 0 bridgehead atoms. The minimum atomic E-state index is -0.149. The van der Waals surface area contributed by atoms with Gasteiger partial charge in [-0.3, -0.25) is 14.6 Å². The van der Waals surface area contributed by atoms with Crippen molar-refractivity contribution >= 4 is 23.1 Å². The second kappa shape index (κ2) is 13.1. The van der Waals surface area contributed by atoms with Crippen LogP contribution in [-0.2, 0) is 11.3 Å². The average Bonchev–Trinajstić information content (AvgIpc) is 3.32. The topological polar surface area (TPSA) is 52.8 Å². The Labute approximate surface area is 235 Å². The van der Waals surface area contributed by atoms with Gasteiger partial charge in [-0.25, -0.2) is 9.37 Å². The molecule has 3 aromatic rings. The van der Waals surface area contributed by atoms with Gasteiger partial charge in [0, 0.05) is 62.2 Å². The first-order chi connectivity index (χ1) is 19.0. The molecule has 2 saturated heterocycles. The number of ketones is 1. The first-order valence-electron chi connectivity index (χ1n) is 14.2. The first-order valence-corrected chi connectivity index (χ1v) is 14.5. The Hall–Kier alpha value is -2.74. The lowest BCUT2D eigenvalue weighted by Crippen LogP contribution is -2.46. The number of hydrogen-bond acceptors (Lipinski definition) is 6. The first kappa shape index (κ1) is 27.8. The fourth-order valence-electron chi connectivity index (χ4n) is 5.72. The molecule has 1 aromatic heterocycles. The van der Waals surface area contributed by atoms with E-state index in [1.807, 2.05) is 43.3 Å². The molecule has 6 nitrogen and oxygen atoms in total. The molecule has 2 aromatic carbocycles. The number of halogens is 2. The molecule has 3 heterocycles. The summed E-state index contributed by atoms with van der Waals surface area (Å²) in [5, 5.41) is 0.686. The lowest BCUT2D eigenvalue weighted by molar-refractivity contribution is -0.124. The minimum Gasteiger partial charge on any atom is -0.441 e. The third kappa shape index (κ3) is 7.27. The number of aromatic nitrogens is 1. The van der Waals surface area contributed by atoms with Gasteiger partial charge in [-0.2, -0.15) is 0 Å². The molecular weight excluding hydrogens is 515 g/mol. The van der Waals surface area contributed by atoms with Crippen LogP contribution in [0.25, 0.3) is 11.5 Å². The molecule has 1 unspecified atom stereocenters. The van der Waals surface area contributed by atoms with Crippen LogP contribution in [0.5, 0.6) is 0 Å². The number of Topliss-reactive ketones (excluding diaryl/α,β-unsaturated/α-hetero) is 1. The van der Waals surface area contributed by atoms with Crippen molar-refractivity contribution in [2.75, 3.05) is 50.7 Å². The van der Waals surface area contributed by atoms with Gasteiger partial charge in [0.25, 0.3) is 0 Å². The van der Waals surface area contributed by atoms with Crippen LogP contribution in [0.15, 0.2) is 52.9 Å². The number of nitrogens with zero attached hydrogens (tertiary/aromatic N) is 4. The zero-order chi connectivity index (χ0) is 27.2. The average molecular weight is 553 g/mol. The third-order valence-electron chi connectivity index (χ3n) is 8.03. The second-order valence-corrected chi connectivity index (χ2v) is 11.2. The largest absolute Gasteiger partial charge is 0.441 e. The number of oxazole rings is 1. The maximum atomic E-state index is 14.1. The standard InChI is InChI=1S/C31H38ClFN4O2/c1-23-28(34-31(39-23)24-11-13-26(32)14-12-24)22-36-16-6-7-25(21-36)30(38)10-4-5-15-35-17-19-37(20-18-35)29-9-3-2-8-27(29)33/h2-3,8-9,11-14,25H,4-7,10,15-22H2,1H3. The van der Waals surface area contributed by atoms with Gasteiger partial charge in [0.1, 0.15) is 17.4 Å². The summed E-state index contributed by atoms with van der Waals surface area (Å²) < 4.78 is 20.0. The molecule has 1 atom stereocenters. The Morgan fingerprint density at radius 1 is 1.03 bits per heavy atom. The van der Waals surface area contributed by atoms with Crippen molar-refractivity contribution in [2.24, 2.45) is 5.92 Å². The number of para-hydroxylation sites is 1. The molecule has 208 valence electrons. The highest BCUT2D eigenvalue weighted by Gasteiger charge is 2.27. The van der Waals surface area contributed by atoms with Crippen molar-refractivity contribution in [3.63, 3.8) is 0 Å². The quantitative estimate of drug-likeness (QED) is 0.278. The molecule has 0 spiro atoms. The number of piperazine rings is 1. The van der Waals surface area contributed by atoms with Gasteiger partial charge in [-0.1, -0.05) is 23.7 Å². The summed E-state index contributed by atoms with van der Waals surface area (Å²) in [6.07, 6.45) is 4.60. The fourth-order valence-corrected chi connectivity index (χ4v) is 5.85. The monoisotopic (exact) mass is 552 g/mol. The fraction of sp³-hybridized carbons (Fsp3) is 0.484. The molecule has 0 saturated carbocycles. The SMILES string of the molecule is Cc1oc(-c2ccc(Cl)cc2)nc1CN1CCCC(C(=O)CCCCN2CCN(c3ccccc3F)CC2)C1. The molecule has 0 aliphatic carbocycles. The number of hydrogen-bond donors (Lipinski definition) is 0. The van der Waals surface area contributed by atoms with Gasteiger partial charge in [0.05, 0.1) is 11.4 Å². The number of rotatable bonds is 10. The van der Waals surface area contributed by atoms with Crippen LogP contribution < -0.4 is 4.90 Å². The van der Waals surface area contributed by atoms with E-state index in [9.17, 15) is 9.18 Å². The lowest BCUT2D eigenvalue weighted by atomic mass is 9.91. The zero-order valence-electron chi connectivity index (χ0n) is 22.7. The summed E-state index contributed by atoms with van der Waals surface area (Å²) in [6, 6.07) is 14.5. The van der Waals surface area contributed by atoms with Gasteiger partial charge in [0.2, 0.25) is 5.89 Å². The van der Waals surface area contributed by atoms with E-state index in [4.69, 9.17) is 21.0 Å². The van der Waals surface area contributed by atoms with Gasteiger partial charge in [-0.05, 0) is 82.1 Å². The van der Waals surface area contributed by atoms with E-state index < -0.39 is 0 Å². The predicted octanol–water partition coefficient (Wildman–Crippen LogP) is 6.22. The van der Waals surface area contributed by atoms with Crippen molar-refractivity contribution in [3.05, 3.63) is 70.8 Å². The van der Waals surface area contributed by atoms with Crippen LogP contribution in [0.3, 0.4) is 0 Å². The summed E-state index contributed by atoms with van der Waals surface area (Å²) in [5.74, 6) is 1.78. The van der Waals surface area contributed by atoms with Crippen LogP contribution >= 0.6 is 11.6 Å². The number of aryl methyl sites for hydroxylation is 1. The Bertz CT molecular complexity index is 1240. The van der Waals surface area contributed by atoms with Crippen LogP contribution in [0.1, 0.15) is 43.6 Å². The Kier molecular flexibility index (Phi) is 9.32. The number of carbonyl (C=O) groups is 1. The Morgan fingerprint density at radius 2 is 1.79 bits per heavy atom. The Morgan fingerprint density at radius 3 is 2.56 bits per heavy atom. The number of benzene rings is 2. The summed E-state index contributed by atoms with van der Waals surface area (Å²) in [7, 11) is 0. The summed E-state index contributed by atoms with van der Waals surface area (Å²) in [6.45, 7) is 8.96. The highest BCUT2D eigenvalue weighted by Crippen LogP contribution is 2.26. The van der Waals surface area contributed by atoms with E-state index in [0.29, 0.717) is 35.3 Å². The molecule has 0 amide bonds. The summed E-state index contributed by atoms with van der Waals surface area (Å²) >= 11 is 6.01. The van der Waals surface area contributed by atoms with Gasteiger partial charge in [-0.15, -0.1) is 0 Å². The third-order valence-corrected chi connectivity index (χ3v) is 8.28. The summed E-state index contributed by atoms with van der Waals surface area (Å²) in [4.78, 5) is 24.7. The van der Waals surface area contributed by atoms with E-state index in [0.717, 1.165) is 88.5 Å². The maximum absolute atomic E-state index is 14.1. The number of likely N-dealkylation sites (tertiary alicyclic amines) is 1. The molecule has 39 heavy (non-hydrogen) atoms. The summed E-state index contributed by atoms with van der Waals surface area (Å²) in [5.41, 5.74) is 2.54. The molecule has 2 aliphatic rings. The van der Waals surface area contributed by atoms with Crippen molar-refractivity contribution in [3.8, 4) is 11.5 Å². The van der Waals surface area contributed by atoms with Crippen LogP contribution in [0, 0.1) is 18.7 Å². The Balaban J connectivity index is 1.03. The van der Waals surface area contributed by atoms with Gasteiger partial charge < -0.3 is 9.32 Å². The number of anilines is 1. The molecule has 5 rings (SSSR count). The van der Waals surface area contributed by atoms with Gasteiger partial charge >= 0.3 is 0 Å². The van der Waals surface area contributed by atoms with Crippen molar-refractivity contribution in [1.29, 1.82) is 0 Å². The number of piperidine rings is 1.